The molecule has 2 aromatic heterocycles. The van der Waals surface area contributed by atoms with E-state index in [0.717, 1.165) is 37.6 Å². The zero-order chi connectivity index (χ0) is 27.8. The number of nitrogens with one attached hydrogen (secondary N) is 1. The van der Waals surface area contributed by atoms with E-state index in [0.29, 0.717) is 22.9 Å². The highest BCUT2D eigenvalue weighted by molar-refractivity contribution is 7.91. The second-order valence-electron chi connectivity index (χ2n) is 11.3. The Bertz CT molecular complexity index is 1570. The molecule has 0 saturated carbocycles. The van der Waals surface area contributed by atoms with Crippen molar-refractivity contribution in [2.45, 2.75) is 25.7 Å². The third-order valence-electron chi connectivity index (χ3n) is 6.77. The summed E-state index contributed by atoms with van der Waals surface area (Å²) in [4.78, 5) is 9.56. The molecule has 0 spiro atoms. The number of sulfone groups is 1. The Labute approximate surface area is 230 Å². The van der Waals surface area contributed by atoms with E-state index in [2.05, 4.69) is 39.3 Å². The summed E-state index contributed by atoms with van der Waals surface area (Å²) < 4.78 is 33.7. The first-order valence-corrected chi connectivity index (χ1v) is 14.8. The Morgan fingerprint density at radius 1 is 0.974 bits per heavy atom. The number of hydrogen-bond donors (Lipinski definition) is 1. The molecule has 39 heavy (non-hydrogen) atoms. The molecule has 2 aromatic carbocycles. The van der Waals surface area contributed by atoms with Crippen molar-refractivity contribution in [3.63, 3.8) is 0 Å². The van der Waals surface area contributed by atoms with Crippen LogP contribution in [0.3, 0.4) is 0 Å². The lowest BCUT2D eigenvalue weighted by atomic mass is 10.0. The Morgan fingerprint density at radius 3 is 2.36 bits per heavy atom. The number of piperazine rings is 1. The van der Waals surface area contributed by atoms with E-state index >= 15 is 0 Å². The van der Waals surface area contributed by atoms with Crippen molar-refractivity contribution in [2.75, 3.05) is 56.3 Å². The number of likely N-dealkylation sites (N-methyl/N-ethyl adjacent to an activating group) is 1. The van der Waals surface area contributed by atoms with E-state index < -0.39 is 15.3 Å². The zero-order valence-corrected chi connectivity index (χ0v) is 24.0. The molecule has 0 bridgehead atoms. The van der Waals surface area contributed by atoms with Crippen LogP contribution in [-0.2, 0) is 9.84 Å². The summed E-state index contributed by atoms with van der Waals surface area (Å²) in [5.41, 5.74) is 3.80. The lowest BCUT2D eigenvalue weighted by Crippen LogP contribution is -2.44. The van der Waals surface area contributed by atoms with Gasteiger partial charge in [-0.25, -0.2) is 12.9 Å². The van der Waals surface area contributed by atoms with Gasteiger partial charge in [0.15, 0.2) is 15.5 Å². The van der Waals surface area contributed by atoms with Gasteiger partial charge >= 0.3 is 0 Å². The fraction of sp³-hybridized carbons (Fsp3) is 0.379. The molecule has 3 heterocycles. The molecule has 0 amide bonds. The Morgan fingerprint density at radius 2 is 1.69 bits per heavy atom. The summed E-state index contributed by atoms with van der Waals surface area (Å²) in [6.45, 7) is 9.88. The number of fused-ring (bicyclic) bond motifs is 1. The highest BCUT2D eigenvalue weighted by Gasteiger charge is 2.27. The molecule has 0 unspecified atom stereocenters. The molecule has 1 N–H and O–H groups in total. The van der Waals surface area contributed by atoms with E-state index in [1.165, 1.54) is 12.8 Å². The number of anilines is 3. The maximum atomic E-state index is 13.3. The van der Waals surface area contributed by atoms with Crippen LogP contribution in [0.2, 0.25) is 0 Å². The maximum Gasteiger partial charge on any atom is 0.247 e. The van der Waals surface area contributed by atoms with Crippen LogP contribution >= 0.6 is 0 Å². The van der Waals surface area contributed by atoms with Crippen LogP contribution < -0.4 is 15.0 Å². The van der Waals surface area contributed by atoms with Crippen molar-refractivity contribution in [1.29, 1.82) is 0 Å². The van der Waals surface area contributed by atoms with Gasteiger partial charge < -0.3 is 19.9 Å². The monoisotopic (exact) mass is 548 g/mol. The van der Waals surface area contributed by atoms with Crippen molar-refractivity contribution >= 4 is 32.8 Å². The first kappa shape index (κ1) is 27.0. The standard InChI is InChI=1S/C29H36N6O3S/c1-29(2,3)20-39(36,37)26-19-21(9-14-25(26)38-5)24-7-6-8-27-31-28(32-35(24)27)30-22-10-12-23(13-11-22)34-17-15-33(4)16-18-34/h6-14,19H,15-18,20H2,1-5H3,(H,30,32). The number of aromatic nitrogens is 3. The molecule has 206 valence electrons. The number of rotatable bonds is 7. The molecule has 0 atom stereocenters. The normalized spacial score (nSPS) is 15.1. The molecular weight excluding hydrogens is 512 g/mol. The Hall–Kier alpha value is -3.63. The van der Waals surface area contributed by atoms with Crippen LogP contribution in [0.4, 0.5) is 17.3 Å². The SMILES string of the molecule is COc1ccc(-c2cccc3nc(Nc4ccc(N5CCN(C)CC5)cc4)nn23)cc1S(=O)(=O)CC(C)(C)C. The largest absolute Gasteiger partial charge is 0.495 e. The minimum absolute atomic E-state index is 0.00893. The fourth-order valence-electron chi connectivity index (χ4n) is 4.85. The van der Waals surface area contributed by atoms with Crippen molar-refractivity contribution in [3.8, 4) is 17.0 Å². The molecule has 4 aromatic rings. The summed E-state index contributed by atoms with van der Waals surface area (Å²) in [5, 5.41) is 8.00. The lowest BCUT2D eigenvalue weighted by molar-refractivity contribution is 0.313. The van der Waals surface area contributed by atoms with Crippen LogP contribution in [-0.4, -0.2) is 74.0 Å². The predicted molar refractivity (Wildman–Crippen MR) is 156 cm³/mol. The van der Waals surface area contributed by atoms with Crippen LogP contribution in [0.15, 0.2) is 65.6 Å². The lowest BCUT2D eigenvalue weighted by Gasteiger charge is -2.34. The highest BCUT2D eigenvalue weighted by atomic mass is 32.2. The molecule has 1 saturated heterocycles. The molecule has 1 fully saturated rings. The fourth-order valence-corrected chi connectivity index (χ4v) is 6.91. The summed E-state index contributed by atoms with van der Waals surface area (Å²) >= 11 is 0. The molecule has 1 aliphatic heterocycles. The summed E-state index contributed by atoms with van der Waals surface area (Å²) in [6, 6.07) is 19.2. The van der Waals surface area contributed by atoms with Crippen LogP contribution in [0.25, 0.3) is 16.9 Å². The van der Waals surface area contributed by atoms with Crippen molar-refractivity contribution < 1.29 is 13.2 Å². The van der Waals surface area contributed by atoms with Crippen LogP contribution in [0, 0.1) is 5.41 Å². The smallest absolute Gasteiger partial charge is 0.247 e. The second kappa shape index (κ2) is 10.5. The van der Waals surface area contributed by atoms with Gasteiger partial charge in [0.2, 0.25) is 5.95 Å². The van der Waals surface area contributed by atoms with Gasteiger partial charge in [-0.2, -0.15) is 4.98 Å². The molecular formula is C29H36N6O3S. The van der Waals surface area contributed by atoms with Gasteiger partial charge in [0.05, 0.1) is 18.6 Å². The number of pyridine rings is 1. The average molecular weight is 549 g/mol. The molecule has 1 aliphatic rings. The van der Waals surface area contributed by atoms with E-state index in [-0.39, 0.29) is 10.6 Å². The minimum Gasteiger partial charge on any atom is -0.495 e. The third kappa shape index (κ3) is 6.02. The first-order valence-electron chi connectivity index (χ1n) is 13.1. The van der Waals surface area contributed by atoms with Gasteiger partial charge in [-0.05, 0) is 67.1 Å². The molecule has 0 aliphatic carbocycles. The van der Waals surface area contributed by atoms with E-state index in [1.807, 2.05) is 57.2 Å². The molecule has 5 rings (SSSR count). The quantitative estimate of drug-likeness (QED) is 0.355. The Kier molecular flexibility index (Phi) is 7.26. The summed E-state index contributed by atoms with van der Waals surface area (Å²) in [6.07, 6.45) is 0. The first-order chi connectivity index (χ1) is 18.5. The van der Waals surface area contributed by atoms with Gasteiger partial charge in [0.25, 0.3) is 0 Å². The second-order valence-corrected chi connectivity index (χ2v) is 13.2. The molecule has 0 radical (unpaired) electrons. The van der Waals surface area contributed by atoms with Gasteiger partial charge in [-0.3, -0.25) is 0 Å². The minimum atomic E-state index is -3.58. The van der Waals surface area contributed by atoms with Crippen molar-refractivity contribution in [3.05, 3.63) is 60.7 Å². The van der Waals surface area contributed by atoms with Gasteiger partial charge in [0.1, 0.15) is 10.6 Å². The van der Waals surface area contributed by atoms with Gasteiger partial charge in [-0.15, -0.1) is 5.10 Å². The predicted octanol–water partition coefficient (Wildman–Crippen LogP) is 4.72. The Balaban J connectivity index is 1.43. The van der Waals surface area contributed by atoms with E-state index in [9.17, 15) is 8.42 Å². The van der Waals surface area contributed by atoms with E-state index in [1.54, 1.807) is 16.6 Å². The zero-order valence-electron chi connectivity index (χ0n) is 23.2. The molecule has 10 heteroatoms. The maximum absolute atomic E-state index is 13.3. The van der Waals surface area contributed by atoms with Gasteiger partial charge in [-0.1, -0.05) is 26.8 Å². The number of nitrogens with zero attached hydrogens (tertiary/aromatic N) is 5. The molecule has 9 nitrogen and oxygen atoms in total. The average Bonchev–Trinajstić information content (AvgIpc) is 3.30. The van der Waals surface area contributed by atoms with Gasteiger partial charge in [0, 0.05) is 43.1 Å². The number of methoxy groups -OCH3 is 1. The van der Waals surface area contributed by atoms with Crippen molar-refractivity contribution in [2.24, 2.45) is 5.41 Å². The summed E-state index contributed by atoms with van der Waals surface area (Å²) in [7, 11) is 0.0549. The topological polar surface area (TPSA) is 92.1 Å². The summed E-state index contributed by atoms with van der Waals surface area (Å²) in [5.74, 6) is 0.801. The van der Waals surface area contributed by atoms with Crippen molar-refractivity contribution in [1.82, 2.24) is 19.5 Å². The third-order valence-corrected chi connectivity index (χ3v) is 9.00. The number of ether oxygens (including phenoxy) is 1. The highest BCUT2D eigenvalue weighted by Crippen LogP contribution is 2.33. The number of benzene rings is 2. The number of hydrogen-bond acceptors (Lipinski definition) is 8. The van der Waals surface area contributed by atoms with E-state index in [4.69, 9.17) is 9.84 Å². The van der Waals surface area contributed by atoms with Crippen LogP contribution in [0.1, 0.15) is 20.8 Å². The van der Waals surface area contributed by atoms with Crippen LogP contribution in [0.5, 0.6) is 5.75 Å².